The number of halogens is 1. The Hall–Kier alpha value is -2.69. The van der Waals surface area contributed by atoms with Crippen LogP contribution in [-0.4, -0.2) is 15.5 Å². The van der Waals surface area contributed by atoms with Gasteiger partial charge in [-0.15, -0.1) is 11.3 Å². The van der Waals surface area contributed by atoms with Crippen LogP contribution in [-0.2, 0) is 13.0 Å². The Bertz CT molecular complexity index is 1130. The van der Waals surface area contributed by atoms with Crippen LogP contribution in [0.25, 0.3) is 10.2 Å². The molecule has 0 fully saturated rings. The molecule has 0 saturated carbocycles. The van der Waals surface area contributed by atoms with E-state index in [4.69, 9.17) is 22.6 Å². The third-order valence-corrected chi connectivity index (χ3v) is 5.71. The lowest BCUT2D eigenvalue weighted by Crippen LogP contribution is -2.25. The molecular weight excluding hydrogens is 384 g/mol. The number of hydrogen-bond donors (Lipinski definition) is 1. The highest BCUT2D eigenvalue weighted by Gasteiger charge is 2.20. The number of carbonyl (C=O) groups excluding carboxylic acids is 1. The van der Waals surface area contributed by atoms with Crippen LogP contribution in [0.2, 0.25) is 5.02 Å². The van der Waals surface area contributed by atoms with E-state index in [9.17, 15) is 9.59 Å². The second-order valence-corrected chi connectivity index (χ2v) is 7.59. The molecule has 0 bridgehead atoms. The zero-order valence-corrected chi connectivity index (χ0v) is 16.2. The van der Waals surface area contributed by atoms with Crippen LogP contribution in [0.1, 0.15) is 39.5 Å². The van der Waals surface area contributed by atoms with Crippen LogP contribution < -0.4 is 11.3 Å². The summed E-state index contributed by atoms with van der Waals surface area (Å²) in [5, 5.41) is 9.84. The van der Waals surface area contributed by atoms with Crippen molar-refractivity contribution in [3.05, 3.63) is 61.5 Å². The van der Waals surface area contributed by atoms with Gasteiger partial charge in [0.1, 0.15) is 10.7 Å². The molecule has 0 aliphatic heterocycles. The van der Waals surface area contributed by atoms with Crippen LogP contribution in [0.5, 0.6) is 0 Å². The van der Waals surface area contributed by atoms with Gasteiger partial charge in [-0.1, -0.05) is 23.7 Å². The van der Waals surface area contributed by atoms with Crippen molar-refractivity contribution in [2.45, 2.75) is 32.7 Å². The largest absolute Gasteiger partial charge is 0.365 e. The number of primary amides is 1. The fourth-order valence-corrected chi connectivity index (χ4v) is 4.26. The molecule has 0 aliphatic rings. The Morgan fingerprint density at radius 3 is 2.89 bits per heavy atom. The molecule has 0 radical (unpaired) electrons. The maximum Gasteiger partial charge on any atom is 0.262 e. The summed E-state index contributed by atoms with van der Waals surface area (Å²) in [5.74, 6) is 0.00676. The molecular formula is C19H17ClN4O2S. The molecule has 8 heteroatoms. The predicted octanol–water partition coefficient (Wildman–Crippen LogP) is 3.41. The molecule has 3 aromatic rings. The second-order valence-electron chi connectivity index (χ2n) is 6.15. The third-order valence-electron chi connectivity index (χ3n) is 4.27. The van der Waals surface area contributed by atoms with Crippen molar-refractivity contribution in [3.63, 3.8) is 0 Å². The van der Waals surface area contributed by atoms with Crippen molar-refractivity contribution in [2.75, 3.05) is 0 Å². The molecule has 1 amide bonds. The Morgan fingerprint density at radius 2 is 2.22 bits per heavy atom. The van der Waals surface area contributed by atoms with Crippen molar-refractivity contribution >= 4 is 39.1 Å². The number of aryl methyl sites for hydroxylation is 1. The quantitative estimate of drug-likeness (QED) is 0.640. The minimum absolute atomic E-state index is 0.212. The zero-order valence-electron chi connectivity index (χ0n) is 14.7. The van der Waals surface area contributed by atoms with E-state index in [0.29, 0.717) is 57.3 Å². The van der Waals surface area contributed by atoms with Crippen molar-refractivity contribution in [1.82, 2.24) is 9.55 Å². The minimum atomic E-state index is -0.567. The number of aromatic nitrogens is 2. The first kappa shape index (κ1) is 19.1. The van der Waals surface area contributed by atoms with Crippen LogP contribution >= 0.6 is 22.9 Å². The molecule has 0 unspecified atom stereocenters. The zero-order chi connectivity index (χ0) is 19.6. The summed E-state index contributed by atoms with van der Waals surface area (Å²) >= 11 is 7.20. The topological polar surface area (TPSA) is 102 Å². The van der Waals surface area contributed by atoms with Gasteiger partial charge in [-0.25, -0.2) is 4.98 Å². The van der Waals surface area contributed by atoms with Crippen molar-refractivity contribution in [3.8, 4) is 6.07 Å². The lowest BCUT2D eigenvalue weighted by Gasteiger charge is -2.12. The number of fused-ring (bicyclic) bond motifs is 1. The van der Waals surface area contributed by atoms with E-state index in [1.807, 2.05) is 18.2 Å². The average molecular weight is 401 g/mol. The molecule has 2 aromatic heterocycles. The fraction of sp³-hybridized carbons (Fsp3) is 0.263. The van der Waals surface area contributed by atoms with Gasteiger partial charge in [0.25, 0.3) is 11.5 Å². The average Bonchev–Trinajstić information content (AvgIpc) is 2.94. The number of amides is 1. The lowest BCUT2D eigenvalue weighted by atomic mass is 10.1. The highest BCUT2D eigenvalue weighted by Crippen LogP contribution is 2.27. The number of benzene rings is 1. The van der Waals surface area contributed by atoms with Crippen molar-refractivity contribution < 1.29 is 4.79 Å². The van der Waals surface area contributed by atoms with E-state index in [1.165, 1.54) is 0 Å². The molecule has 2 heterocycles. The Morgan fingerprint density at radius 1 is 1.44 bits per heavy atom. The molecule has 1 aromatic carbocycles. The number of hydrogen-bond acceptors (Lipinski definition) is 5. The van der Waals surface area contributed by atoms with E-state index < -0.39 is 5.91 Å². The Kier molecular flexibility index (Phi) is 5.59. The van der Waals surface area contributed by atoms with Gasteiger partial charge in [0.2, 0.25) is 0 Å². The van der Waals surface area contributed by atoms with Gasteiger partial charge in [-0.3, -0.25) is 14.2 Å². The number of rotatable bonds is 6. The normalized spacial score (nSPS) is 10.9. The fourth-order valence-electron chi connectivity index (χ4n) is 3.00. The molecule has 0 atom stereocenters. The first-order chi connectivity index (χ1) is 12.9. The monoisotopic (exact) mass is 400 g/mol. The minimum Gasteiger partial charge on any atom is -0.365 e. The number of unbranched alkanes of at least 4 members (excludes halogenated alkanes) is 1. The van der Waals surface area contributed by atoms with Gasteiger partial charge in [-0.2, -0.15) is 5.26 Å². The summed E-state index contributed by atoms with van der Waals surface area (Å²) in [6.45, 7) is 2.09. The maximum absolute atomic E-state index is 13.1. The van der Waals surface area contributed by atoms with Gasteiger partial charge in [-0.05, 0) is 36.6 Å². The number of thiophene rings is 1. The molecule has 0 spiro atoms. The molecule has 138 valence electrons. The summed E-state index contributed by atoms with van der Waals surface area (Å²) in [4.78, 5) is 30.3. The molecule has 0 aliphatic carbocycles. The maximum atomic E-state index is 13.1. The van der Waals surface area contributed by atoms with E-state index >= 15 is 0 Å². The van der Waals surface area contributed by atoms with Gasteiger partial charge >= 0.3 is 0 Å². The van der Waals surface area contributed by atoms with Crippen molar-refractivity contribution in [2.24, 2.45) is 5.73 Å². The Balaban J connectivity index is 2.17. The number of carbonyl (C=O) groups is 1. The predicted molar refractivity (Wildman–Crippen MR) is 106 cm³/mol. The highest BCUT2D eigenvalue weighted by molar-refractivity contribution is 7.20. The summed E-state index contributed by atoms with van der Waals surface area (Å²) in [5.41, 5.74) is 6.70. The van der Waals surface area contributed by atoms with Gasteiger partial charge in [0.05, 0.1) is 16.3 Å². The summed E-state index contributed by atoms with van der Waals surface area (Å²) < 4.78 is 1.59. The first-order valence-electron chi connectivity index (χ1n) is 8.36. The van der Waals surface area contributed by atoms with Gasteiger partial charge < -0.3 is 5.73 Å². The van der Waals surface area contributed by atoms with Crippen LogP contribution in [0, 0.1) is 18.3 Å². The summed E-state index contributed by atoms with van der Waals surface area (Å²) in [6.07, 6.45) is 1.30. The summed E-state index contributed by atoms with van der Waals surface area (Å²) in [6, 6.07) is 9.45. The SMILES string of the molecule is Cc1c(C(N)=O)sc2nc(Cc3cccc(Cl)c3)n(CCCC#N)c(=O)c12. The second kappa shape index (κ2) is 7.91. The van der Waals surface area contributed by atoms with E-state index in [-0.39, 0.29) is 5.56 Å². The van der Waals surface area contributed by atoms with Gasteiger partial charge in [0.15, 0.2) is 0 Å². The highest BCUT2D eigenvalue weighted by atomic mass is 35.5. The molecule has 27 heavy (non-hydrogen) atoms. The third kappa shape index (κ3) is 3.87. The van der Waals surface area contributed by atoms with E-state index in [0.717, 1.165) is 16.9 Å². The molecule has 2 N–H and O–H groups in total. The standard InChI is InChI=1S/C19H17ClN4O2S/c1-11-15-18(27-16(11)17(22)25)23-14(10-12-5-4-6-13(20)9-12)24(19(15)26)8-3-2-7-21/h4-6,9H,2-3,8,10H2,1H3,(H2,22,25). The molecule has 6 nitrogen and oxygen atoms in total. The van der Waals surface area contributed by atoms with Crippen LogP contribution in [0.4, 0.5) is 0 Å². The van der Waals surface area contributed by atoms with E-state index in [1.54, 1.807) is 17.6 Å². The molecule has 0 saturated heterocycles. The molecule has 3 rings (SSSR count). The summed E-state index contributed by atoms with van der Waals surface area (Å²) in [7, 11) is 0. The van der Waals surface area contributed by atoms with Gasteiger partial charge in [0, 0.05) is 24.4 Å². The smallest absolute Gasteiger partial charge is 0.262 e. The van der Waals surface area contributed by atoms with E-state index in [2.05, 4.69) is 11.1 Å². The first-order valence-corrected chi connectivity index (χ1v) is 9.55. The Labute approximate surface area is 164 Å². The number of nitrogens with zero attached hydrogens (tertiary/aromatic N) is 3. The van der Waals surface area contributed by atoms with Crippen LogP contribution in [0.3, 0.4) is 0 Å². The number of nitrogens with two attached hydrogens (primary N) is 1. The lowest BCUT2D eigenvalue weighted by molar-refractivity contribution is 0.100. The van der Waals surface area contributed by atoms with Crippen LogP contribution in [0.15, 0.2) is 29.1 Å². The van der Waals surface area contributed by atoms with Crippen molar-refractivity contribution in [1.29, 1.82) is 5.26 Å². The number of nitriles is 1.